The van der Waals surface area contributed by atoms with Crippen LogP contribution < -0.4 is 5.56 Å². The molecule has 2 aliphatic rings. The van der Waals surface area contributed by atoms with Gasteiger partial charge >= 0.3 is 0 Å². The monoisotopic (exact) mass is 565 g/mol. The molecular weight excluding hydrogens is 530 g/mol. The van der Waals surface area contributed by atoms with E-state index >= 15 is 0 Å². The predicted octanol–water partition coefficient (Wildman–Crippen LogP) is 6.99. The molecule has 210 valence electrons. The van der Waals surface area contributed by atoms with Gasteiger partial charge in [0.05, 0.1) is 29.6 Å². The zero-order valence-electron chi connectivity index (χ0n) is 24.0. The van der Waals surface area contributed by atoms with Crippen LogP contribution in [0.25, 0.3) is 11.1 Å². The van der Waals surface area contributed by atoms with Gasteiger partial charge in [0.25, 0.3) is 5.56 Å². The minimum atomic E-state index is -0.279. The maximum atomic E-state index is 13.5. The van der Waals surface area contributed by atoms with Gasteiger partial charge in [-0.3, -0.25) is 9.59 Å². The maximum absolute atomic E-state index is 13.5. The summed E-state index contributed by atoms with van der Waals surface area (Å²) in [5.74, 6) is 0.746. The van der Waals surface area contributed by atoms with Crippen LogP contribution in [-0.4, -0.2) is 27.3 Å². The molecule has 5 nitrogen and oxygen atoms in total. The van der Waals surface area contributed by atoms with Crippen molar-refractivity contribution in [2.75, 3.05) is 6.54 Å². The standard InChI is InChI=1S/C35H36ClN3O2/c1-34(2,3)26-11-5-10-25(20-26)24-9-4-8-23(18-24)19-31(40)39-17-7-14-30-29(22-39)32(41)38-33(37-30)35(15-16-35)27-12-6-13-28(36)21-27/h4-6,8-13,18,20-21H,7,14-17,19,22H2,1-3H3,(H,37,38,41). The molecule has 6 rings (SSSR count). The molecule has 0 radical (unpaired) electrons. The highest BCUT2D eigenvalue weighted by atomic mass is 35.5. The molecule has 6 heteroatoms. The average molecular weight is 566 g/mol. The number of halogens is 1. The number of hydrogen-bond acceptors (Lipinski definition) is 3. The van der Waals surface area contributed by atoms with Crippen LogP contribution in [0, 0.1) is 0 Å². The van der Waals surface area contributed by atoms with E-state index in [1.807, 2.05) is 35.2 Å². The zero-order valence-corrected chi connectivity index (χ0v) is 24.7. The number of nitrogens with one attached hydrogen (secondary N) is 1. The zero-order chi connectivity index (χ0) is 28.8. The largest absolute Gasteiger partial charge is 0.338 e. The molecule has 0 unspecified atom stereocenters. The van der Waals surface area contributed by atoms with E-state index in [1.165, 1.54) is 5.56 Å². The summed E-state index contributed by atoms with van der Waals surface area (Å²) in [4.78, 5) is 36.8. The SMILES string of the molecule is CC(C)(C)c1cccc(-c2cccc(CC(=O)N3CCCc4nc(C5(c6cccc(Cl)c6)CC5)[nH]c(=O)c4C3)c2)c1. The van der Waals surface area contributed by atoms with Crippen molar-refractivity contribution in [2.45, 2.75) is 70.3 Å². The molecule has 41 heavy (non-hydrogen) atoms. The van der Waals surface area contributed by atoms with Crippen LogP contribution >= 0.6 is 11.6 Å². The summed E-state index contributed by atoms with van der Waals surface area (Å²) in [6.45, 7) is 7.53. The highest BCUT2D eigenvalue weighted by molar-refractivity contribution is 6.30. The first-order valence-electron chi connectivity index (χ1n) is 14.5. The number of benzene rings is 3. The molecule has 2 heterocycles. The number of carbonyl (C=O) groups is 1. The summed E-state index contributed by atoms with van der Waals surface area (Å²) in [6, 6.07) is 24.7. The molecule has 0 bridgehead atoms. The highest BCUT2D eigenvalue weighted by Gasteiger charge is 2.48. The Morgan fingerprint density at radius 2 is 1.73 bits per heavy atom. The summed E-state index contributed by atoms with van der Waals surface area (Å²) < 4.78 is 0. The molecule has 0 atom stereocenters. The van der Waals surface area contributed by atoms with Crippen molar-refractivity contribution < 1.29 is 4.79 Å². The molecule has 4 aromatic rings. The third-order valence-corrected chi connectivity index (χ3v) is 8.80. The van der Waals surface area contributed by atoms with Crippen LogP contribution in [-0.2, 0) is 35.0 Å². The molecule has 1 saturated carbocycles. The Morgan fingerprint density at radius 1 is 1.00 bits per heavy atom. The highest BCUT2D eigenvalue weighted by Crippen LogP contribution is 2.52. The Balaban J connectivity index is 1.21. The second kappa shape index (κ2) is 10.6. The van der Waals surface area contributed by atoms with Crippen molar-refractivity contribution in [3.05, 3.63) is 122 Å². The Bertz CT molecular complexity index is 1680. The Labute approximate surface area is 246 Å². The van der Waals surface area contributed by atoms with Crippen LogP contribution in [0.3, 0.4) is 0 Å². The van der Waals surface area contributed by atoms with E-state index in [-0.39, 0.29) is 28.8 Å². The molecule has 1 aliphatic carbocycles. The van der Waals surface area contributed by atoms with Crippen molar-refractivity contribution in [3.8, 4) is 11.1 Å². The molecule has 1 amide bonds. The lowest BCUT2D eigenvalue weighted by molar-refractivity contribution is -0.131. The van der Waals surface area contributed by atoms with Crippen molar-refractivity contribution in [3.63, 3.8) is 0 Å². The van der Waals surface area contributed by atoms with Crippen molar-refractivity contribution in [1.29, 1.82) is 0 Å². The van der Waals surface area contributed by atoms with Gasteiger partial charge in [0.1, 0.15) is 5.82 Å². The third kappa shape index (κ3) is 5.60. The number of nitrogens with zero attached hydrogens (tertiary/aromatic N) is 2. The summed E-state index contributed by atoms with van der Waals surface area (Å²) in [5, 5.41) is 0.684. The fourth-order valence-electron chi connectivity index (χ4n) is 5.95. The number of rotatable bonds is 5. The van der Waals surface area contributed by atoms with Gasteiger partial charge in [0.2, 0.25) is 5.91 Å². The lowest BCUT2D eigenvalue weighted by Gasteiger charge is -2.21. The first-order valence-corrected chi connectivity index (χ1v) is 14.9. The van der Waals surface area contributed by atoms with Crippen LogP contribution in [0.15, 0.2) is 77.6 Å². The number of fused-ring (bicyclic) bond motifs is 1. The minimum Gasteiger partial charge on any atom is -0.338 e. The van der Waals surface area contributed by atoms with Crippen LogP contribution in [0.4, 0.5) is 0 Å². The fourth-order valence-corrected chi connectivity index (χ4v) is 6.14. The normalized spacial score (nSPS) is 16.1. The van der Waals surface area contributed by atoms with Gasteiger partial charge in [0.15, 0.2) is 0 Å². The molecule has 0 spiro atoms. The number of aryl methyl sites for hydroxylation is 1. The first kappa shape index (κ1) is 27.5. The van der Waals surface area contributed by atoms with Gasteiger partial charge in [0, 0.05) is 11.6 Å². The van der Waals surface area contributed by atoms with E-state index in [1.54, 1.807) is 0 Å². The van der Waals surface area contributed by atoms with Crippen LogP contribution in [0.5, 0.6) is 0 Å². The smallest absolute Gasteiger partial charge is 0.256 e. The van der Waals surface area contributed by atoms with E-state index in [0.717, 1.165) is 53.0 Å². The predicted molar refractivity (Wildman–Crippen MR) is 164 cm³/mol. The third-order valence-electron chi connectivity index (χ3n) is 8.57. The number of H-pyrrole nitrogens is 1. The van der Waals surface area contributed by atoms with Gasteiger partial charge in [-0.15, -0.1) is 0 Å². The maximum Gasteiger partial charge on any atom is 0.256 e. The van der Waals surface area contributed by atoms with Crippen LogP contribution in [0.2, 0.25) is 5.02 Å². The molecule has 0 saturated heterocycles. The second-order valence-corrected chi connectivity index (χ2v) is 13.0. The minimum absolute atomic E-state index is 0.0273. The number of aromatic amines is 1. The van der Waals surface area contributed by atoms with E-state index in [0.29, 0.717) is 30.0 Å². The van der Waals surface area contributed by atoms with Crippen LogP contribution in [0.1, 0.15) is 73.8 Å². The lowest BCUT2D eigenvalue weighted by Crippen LogP contribution is -2.34. The number of carbonyl (C=O) groups excluding carboxylic acids is 1. The van der Waals surface area contributed by atoms with E-state index < -0.39 is 0 Å². The Hall–Kier alpha value is -3.70. The van der Waals surface area contributed by atoms with E-state index in [2.05, 4.69) is 68.2 Å². The summed E-state index contributed by atoms with van der Waals surface area (Å²) in [6.07, 6.45) is 3.61. The average Bonchev–Trinajstić information content (AvgIpc) is 3.77. The van der Waals surface area contributed by atoms with Gasteiger partial charge in [-0.1, -0.05) is 93.0 Å². The molecule has 1 aromatic heterocycles. The van der Waals surface area contributed by atoms with Gasteiger partial charge in [-0.25, -0.2) is 4.98 Å². The van der Waals surface area contributed by atoms with Gasteiger partial charge in [-0.05, 0) is 71.0 Å². The van der Waals surface area contributed by atoms with Crippen molar-refractivity contribution in [2.24, 2.45) is 0 Å². The van der Waals surface area contributed by atoms with E-state index in [9.17, 15) is 9.59 Å². The first-order chi connectivity index (χ1) is 19.6. The topological polar surface area (TPSA) is 66.1 Å². The molecule has 1 fully saturated rings. The summed E-state index contributed by atoms with van der Waals surface area (Å²) in [5.41, 5.74) is 6.65. The summed E-state index contributed by atoms with van der Waals surface area (Å²) in [7, 11) is 0. The molecular formula is C35H36ClN3O2. The second-order valence-electron chi connectivity index (χ2n) is 12.6. The fraction of sp³-hybridized carbons (Fsp3) is 0.343. The quantitative estimate of drug-likeness (QED) is 0.284. The Kier molecular flexibility index (Phi) is 7.11. The molecule has 3 aromatic carbocycles. The van der Waals surface area contributed by atoms with Crippen molar-refractivity contribution in [1.82, 2.24) is 14.9 Å². The Morgan fingerprint density at radius 3 is 2.46 bits per heavy atom. The lowest BCUT2D eigenvalue weighted by atomic mass is 9.85. The number of hydrogen-bond donors (Lipinski definition) is 1. The number of amides is 1. The van der Waals surface area contributed by atoms with E-state index in [4.69, 9.17) is 16.6 Å². The van der Waals surface area contributed by atoms with Crippen molar-refractivity contribution >= 4 is 17.5 Å². The van der Waals surface area contributed by atoms with Gasteiger partial charge in [-0.2, -0.15) is 0 Å². The van der Waals surface area contributed by atoms with Gasteiger partial charge < -0.3 is 9.88 Å². The molecule has 1 N–H and O–H groups in total. The molecule has 1 aliphatic heterocycles. The number of aromatic nitrogens is 2. The summed E-state index contributed by atoms with van der Waals surface area (Å²) >= 11 is 6.27.